The summed E-state index contributed by atoms with van der Waals surface area (Å²) in [7, 11) is 1.89. The van der Waals surface area contributed by atoms with Crippen molar-refractivity contribution >= 4 is 5.78 Å². The summed E-state index contributed by atoms with van der Waals surface area (Å²) in [6.07, 6.45) is 4.14. The lowest BCUT2D eigenvalue weighted by Gasteiger charge is -2.17. The van der Waals surface area contributed by atoms with Gasteiger partial charge < -0.3 is 10.6 Å². The number of carbonyl (C=O) groups excluding carboxylic acids is 1. The average Bonchev–Trinajstić information content (AvgIpc) is 2.20. The van der Waals surface area contributed by atoms with Crippen LogP contribution in [0.5, 0.6) is 0 Å². The summed E-state index contributed by atoms with van der Waals surface area (Å²) in [4.78, 5) is 12.9. The molecular weight excluding hydrogens is 128 g/mol. The van der Waals surface area contributed by atoms with E-state index in [9.17, 15) is 4.79 Å². The first-order chi connectivity index (χ1) is 4.75. The number of ketones is 1. The minimum Gasteiger partial charge on any atom is -0.370 e. The minimum absolute atomic E-state index is 0.00463. The number of rotatable bonds is 2. The summed E-state index contributed by atoms with van der Waals surface area (Å²) in [6.45, 7) is 0.572. The highest BCUT2D eigenvalue weighted by molar-refractivity contribution is 5.96. The van der Waals surface area contributed by atoms with Gasteiger partial charge in [-0.3, -0.25) is 4.79 Å². The van der Waals surface area contributed by atoms with E-state index in [0.717, 1.165) is 6.42 Å². The molecule has 3 heteroatoms. The Labute approximate surface area is 60.5 Å². The van der Waals surface area contributed by atoms with E-state index in [1.54, 1.807) is 12.3 Å². The van der Waals surface area contributed by atoms with Crippen molar-refractivity contribution in [3.8, 4) is 0 Å². The van der Waals surface area contributed by atoms with Crippen molar-refractivity contribution in [2.24, 2.45) is 5.73 Å². The summed E-state index contributed by atoms with van der Waals surface area (Å²) in [5, 5.41) is 0. The van der Waals surface area contributed by atoms with E-state index in [0.29, 0.717) is 6.54 Å². The molecule has 0 saturated heterocycles. The van der Waals surface area contributed by atoms with Gasteiger partial charge in [-0.15, -0.1) is 0 Å². The molecule has 1 rings (SSSR count). The van der Waals surface area contributed by atoms with E-state index in [1.807, 2.05) is 11.9 Å². The molecule has 0 aromatic rings. The first-order valence-electron chi connectivity index (χ1n) is 3.39. The predicted octanol–water partition coefficient (Wildman–Crippen LogP) is -0.268. The third kappa shape index (κ3) is 1.19. The Kier molecular flexibility index (Phi) is 2.06. The van der Waals surface area contributed by atoms with Crippen LogP contribution in [0.1, 0.15) is 6.42 Å². The minimum atomic E-state index is 0.00463. The number of nitrogens with two attached hydrogens (primary N) is 1. The normalized spacial score (nSPS) is 24.4. The van der Waals surface area contributed by atoms with Gasteiger partial charge in [0.15, 0.2) is 5.78 Å². The highest BCUT2D eigenvalue weighted by Gasteiger charge is 2.22. The van der Waals surface area contributed by atoms with Crippen molar-refractivity contribution in [2.75, 3.05) is 13.6 Å². The maximum absolute atomic E-state index is 11.0. The van der Waals surface area contributed by atoms with Crippen molar-refractivity contribution in [3.63, 3.8) is 0 Å². The molecule has 0 amide bonds. The fourth-order valence-electron chi connectivity index (χ4n) is 1.11. The maximum atomic E-state index is 11.0. The van der Waals surface area contributed by atoms with Gasteiger partial charge in [0.1, 0.15) is 0 Å². The predicted molar refractivity (Wildman–Crippen MR) is 39.4 cm³/mol. The van der Waals surface area contributed by atoms with Crippen molar-refractivity contribution in [3.05, 3.63) is 12.3 Å². The van der Waals surface area contributed by atoms with Crippen LogP contribution >= 0.6 is 0 Å². The highest BCUT2D eigenvalue weighted by atomic mass is 16.1. The number of hydrogen-bond donors (Lipinski definition) is 1. The Morgan fingerprint density at radius 1 is 1.80 bits per heavy atom. The van der Waals surface area contributed by atoms with Gasteiger partial charge in [0.05, 0.1) is 6.04 Å². The van der Waals surface area contributed by atoms with E-state index >= 15 is 0 Å². The Balaban J connectivity index is 2.52. The molecule has 1 aliphatic rings. The topological polar surface area (TPSA) is 46.3 Å². The summed E-state index contributed by atoms with van der Waals surface area (Å²) in [6, 6.07) is 0.00463. The largest absolute Gasteiger partial charge is 0.370 e. The Hall–Kier alpha value is -0.830. The van der Waals surface area contributed by atoms with Gasteiger partial charge in [0.25, 0.3) is 0 Å². The van der Waals surface area contributed by atoms with E-state index in [4.69, 9.17) is 5.73 Å². The molecule has 0 fully saturated rings. The van der Waals surface area contributed by atoms with Crippen LogP contribution < -0.4 is 5.73 Å². The number of likely N-dealkylation sites (N-methyl/N-ethyl adjacent to an activating group) is 1. The summed E-state index contributed by atoms with van der Waals surface area (Å²) >= 11 is 0. The smallest absolute Gasteiger partial charge is 0.179 e. The van der Waals surface area contributed by atoms with Crippen LogP contribution in [0, 0.1) is 0 Å². The second-order valence-corrected chi connectivity index (χ2v) is 2.48. The van der Waals surface area contributed by atoms with Gasteiger partial charge in [-0.1, -0.05) is 0 Å². The first-order valence-corrected chi connectivity index (χ1v) is 3.39. The zero-order chi connectivity index (χ0) is 7.56. The number of nitrogens with zero attached hydrogens (tertiary/aromatic N) is 1. The summed E-state index contributed by atoms with van der Waals surface area (Å²) < 4.78 is 0. The number of hydrogen-bond acceptors (Lipinski definition) is 3. The molecule has 1 atom stereocenters. The molecular formula is C7H12N2O. The quantitative estimate of drug-likeness (QED) is 0.574. The molecule has 2 N–H and O–H groups in total. The standard InChI is InChI=1S/C7H12N2O/c1-9-5-3-7(10)6(9)2-4-8/h3,5-6H,2,4,8H2,1H3. The molecule has 56 valence electrons. The van der Waals surface area contributed by atoms with Crippen LogP contribution in [-0.2, 0) is 4.79 Å². The lowest BCUT2D eigenvalue weighted by Crippen LogP contribution is -2.31. The van der Waals surface area contributed by atoms with E-state index in [-0.39, 0.29) is 11.8 Å². The fourth-order valence-corrected chi connectivity index (χ4v) is 1.11. The Morgan fingerprint density at radius 2 is 2.50 bits per heavy atom. The zero-order valence-electron chi connectivity index (χ0n) is 6.08. The lowest BCUT2D eigenvalue weighted by atomic mass is 10.1. The van der Waals surface area contributed by atoms with Crippen LogP contribution in [0.3, 0.4) is 0 Å². The van der Waals surface area contributed by atoms with Gasteiger partial charge >= 0.3 is 0 Å². The molecule has 0 aliphatic carbocycles. The SMILES string of the molecule is CN1C=CC(=O)C1CCN. The second-order valence-electron chi connectivity index (χ2n) is 2.48. The first kappa shape index (κ1) is 7.28. The van der Waals surface area contributed by atoms with E-state index in [2.05, 4.69) is 0 Å². The molecule has 0 aromatic heterocycles. The Bertz CT molecular complexity index is 165. The van der Waals surface area contributed by atoms with Gasteiger partial charge in [-0.05, 0) is 19.0 Å². The van der Waals surface area contributed by atoms with Crippen LogP contribution in [0.15, 0.2) is 12.3 Å². The molecule has 0 aromatic carbocycles. The Morgan fingerprint density at radius 3 is 2.90 bits per heavy atom. The monoisotopic (exact) mass is 140 g/mol. The van der Waals surface area contributed by atoms with Gasteiger partial charge in [-0.25, -0.2) is 0 Å². The molecule has 0 radical (unpaired) electrons. The van der Waals surface area contributed by atoms with Gasteiger partial charge in [0.2, 0.25) is 0 Å². The summed E-state index contributed by atoms with van der Waals surface area (Å²) in [5.41, 5.74) is 5.33. The van der Waals surface area contributed by atoms with E-state index in [1.165, 1.54) is 0 Å². The van der Waals surface area contributed by atoms with Crippen LogP contribution in [0.2, 0.25) is 0 Å². The molecule has 0 bridgehead atoms. The molecule has 0 saturated carbocycles. The van der Waals surface area contributed by atoms with Crippen LogP contribution in [0.25, 0.3) is 0 Å². The van der Waals surface area contributed by atoms with Gasteiger partial charge in [-0.2, -0.15) is 0 Å². The van der Waals surface area contributed by atoms with Crippen molar-refractivity contribution in [1.82, 2.24) is 4.90 Å². The van der Waals surface area contributed by atoms with Gasteiger partial charge in [0, 0.05) is 13.2 Å². The molecule has 1 aliphatic heterocycles. The fraction of sp³-hybridized carbons (Fsp3) is 0.571. The lowest BCUT2D eigenvalue weighted by molar-refractivity contribution is -0.117. The number of carbonyl (C=O) groups is 1. The van der Waals surface area contributed by atoms with Crippen LogP contribution in [0.4, 0.5) is 0 Å². The molecule has 3 nitrogen and oxygen atoms in total. The van der Waals surface area contributed by atoms with Crippen molar-refractivity contribution in [2.45, 2.75) is 12.5 Å². The molecule has 1 unspecified atom stereocenters. The van der Waals surface area contributed by atoms with Crippen molar-refractivity contribution < 1.29 is 4.79 Å². The zero-order valence-corrected chi connectivity index (χ0v) is 6.08. The summed E-state index contributed by atoms with van der Waals surface area (Å²) in [5.74, 6) is 0.174. The van der Waals surface area contributed by atoms with Crippen molar-refractivity contribution in [1.29, 1.82) is 0 Å². The third-order valence-corrected chi connectivity index (χ3v) is 1.73. The average molecular weight is 140 g/mol. The third-order valence-electron chi connectivity index (χ3n) is 1.73. The molecule has 0 spiro atoms. The molecule has 1 heterocycles. The maximum Gasteiger partial charge on any atom is 0.179 e. The molecule has 10 heavy (non-hydrogen) atoms. The van der Waals surface area contributed by atoms with Crippen LogP contribution in [-0.4, -0.2) is 30.3 Å². The van der Waals surface area contributed by atoms with E-state index < -0.39 is 0 Å². The second kappa shape index (κ2) is 2.84. The highest BCUT2D eigenvalue weighted by Crippen LogP contribution is 2.10.